The topological polar surface area (TPSA) is 94.2 Å². The van der Waals surface area contributed by atoms with Gasteiger partial charge < -0.3 is 14.2 Å². The number of methoxy groups -OCH3 is 1. The van der Waals surface area contributed by atoms with Crippen LogP contribution in [0.4, 0.5) is 10.5 Å². The molecule has 0 unspecified atom stereocenters. The highest BCUT2D eigenvalue weighted by atomic mass is 79.9. The maximum absolute atomic E-state index is 13.2. The highest BCUT2D eigenvalue weighted by molar-refractivity contribution is 9.10. The first-order chi connectivity index (χ1) is 19.0. The van der Waals surface area contributed by atoms with Crippen molar-refractivity contribution >= 4 is 57.1 Å². The lowest BCUT2D eigenvalue weighted by atomic mass is 9.87. The summed E-state index contributed by atoms with van der Waals surface area (Å²) in [6, 6.07) is 16.8. The Kier molecular flexibility index (Phi) is 8.85. The van der Waals surface area contributed by atoms with E-state index in [4.69, 9.17) is 25.8 Å². The predicted octanol–water partition coefficient (Wildman–Crippen LogP) is 6.53. The van der Waals surface area contributed by atoms with Crippen molar-refractivity contribution in [3.63, 3.8) is 0 Å². The van der Waals surface area contributed by atoms with Crippen molar-refractivity contribution in [2.75, 3.05) is 25.2 Å². The van der Waals surface area contributed by atoms with Gasteiger partial charge in [0.25, 0.3) is 11.8 Å². The molecule has 8 nitrogen and oxygen atoms in total. The molecule has 4 rings (SSSR count). The molecule has 0 saturated carbocycles. The summed E-state index contributed by atoms with van der Waals surface area (Å²) in [5, 5.41) is 2.41. The second-order valence-corrected chi connectivity index (χ2v) is 11.3. The molecule has 10 heteroatoms. The summed E-state index contributed by atoms with van der Waals surface area (Å²) >= 11 is 9.81. The number of ether oxygens (including phenoxy) is 3. The number of anilines is 1. The van der Waals surface area contributed by atoms with Crippen LogP contribution in [0.25, 0.3) is 6.08 Å². The second kappa shape index (κ2) is 12.1. The quantitative estimate of drug-likeness (QED) is 0.173. The van der Waals surface area contributed by atoms with Gasteiger partial charge >= 0.3 is 6.03 Å². The maximum Gasteiger partial charge on any atom is 0.335 e. The number of hydrogen-bond acceptors (Lipinski definition) is 6. The molecule has 0 aromatic heterocycles. The van der Waals surface area contributed by atoms with Crippen molar-refractivity contribution in [3.8, 4) is 17.2 Å². The SMILES string of the molecule is COc1cc(/C=C2/C(=O)NC(=O)N(c3ccc(Br)cc3)C2=O)cc(Cl)c1OCCOc1ccc(C(C)(C)C)cc1. The van der Waals surface area contributed by atoms with Gasteiger partial charge in [0.2, 0.25) is 0 Å². The lowest BCUT2D eigenvalue weighted by molar-refractivity contribution is -0.122. The molecule has 0 bridgehead atoms. The highest BCUT2D eigenvalue weighted by Gasteiger charge is 2.36. The number of nitrogens with zero attached hydrogens (tertiary/aromatic N) is 1. The summed E-state index contributed by atoms with van der Waals surface area (Å²) in [6.07, 6.45) is 1.35. The number of urea groups is 1. The molecular weight excluding hydrogens is 600 g/mol. The van der Waals surface area contributed by atoms with Crippen molar-refractivity contribution < 1.29 is 28.6 Å². The van der Waals surface area contributed by atoms with Gasteiger partial charge in [0, 0.05) is 4.47 Å². The monoisotopic (exact) mass is 626 g/mol. The van der Waals surface area contributed by atoms with Crippen molar-refractivity contribution in [2.45, 2.75) is 26.2 Å². The number of amides is 4. The number of benzene rings is 3. The van der Waals surface area contributed by atoms with Gasteiger partial charge in [0.05, 0.1) is 17.8 Å². The van der Waals surface area contributed by atoms with Crippen LogP contribution in [-0.2, 0) is 15.0 Å². The van der Waals surface area contributed by atoms with E-state index in [0.29, 0.717) is 22.7 Å². The zero-order chi connectivity index (χ0) is 29.0. The van der Waals surface area contributed by atoms with E-state index in [-0.39, 0.29) is 29.2 Å². The third-order valence-corrected chi connectivity index (χ3v) is 6.88. The van der Waals surface area contributed by atoms with Crippen molar-refractivity contribution in [3.05, 3.63) is 86.9 Å². The van der Waals surface area contributed by atoms with Crippen molar-refractivity contribution in [2.24, 2.45) is 0 Å². The third kappa shape index (κ3) is 6.66. The van der Waals surface area contributed by atoms with Crippen LogP contribution in [0.1, 0.15) is 31.9 Å². The van der Waals surface area contributed by atoms with E-state index in [1.54, 1.807) is 36.4 Å². The van der Waals surface area contributed by atoms with E-state index in [1.807, 2.05) is 24.3 Å². The van der Waals surface area contributed by atoms with E-state index in [2.05, 4.69) is 42.0 Å². The van der Waals surface area contributed by atoms with Crippen molar-refractivity contribution in [1.82, 2.24) is 5.32 Å². The van der Waals surface area contributed by atoms with Gasteiger partial charge in [0.1, 0.15) is 24.5 Å². The Balaban J connectivity index is 1.47. The average Bonchev–Trinajstić information content (AvgIpc) is 2.90. The minimum absolute atomic E-state index is 0.0570. The smallest absolute Gasteiger partial charge is 0.335 e. The second-order valence-electron chi connectivity index (χ2n) is 9.94. The molecule has 0 radical (unpaired) electrons. The minimum atomic E-state index is -0.832. The van der Waals surface area contributed by atoms with E-state index in [1.165, 1.54) is 18.7 Å². The van der Waals surface area contributed by atoms with Gasteiger partial charge in [-0.05, 0) is 71.1 Å². The number of imide groups is 2. The fourth-order valence-electron chi connectivity index (χ4n) is 3.97. The summed E-state index contributed by atoms with van der Waals surface area (Å²) in [4.78, 5) is 39.1. The van der Waals surface area contributed by atoms with Crippen LogP contribution in [0.5, 0.6) is 17.2 Å². The third-order valence-electron chi connectivity index (χ3n) is 6.07. The minimum Gasteiger partial charge on any atom is -0.493 e. The average molecular weight is 628 g/mol. The van der Waals surface area contributed by atoms with E-state index in [9.17, 15) is 14.4 Å². The number of halogens is 2. The normalized spacial score (nSPS) is 14.8. The Bertz CT molecular complexity index is 1460. The molecule has 1 heterocycles. The summed E-state index contributed by atoms with van der Waals surface area (Å²) in [5.41, 5.74) is 1.76. The van der Waals surface area contributed by atoms with E-state index in [0.717, 1.165) is 15.1 Å². The standard InChI is InChI=1S/C30H28BrClN2O6/c1-30(2,3)19-5-11-22(12-6-19)39-13-14-40-26-24(32)16-18(17-25(26)38-4)15-23-27(35)33-29(37)34(28(23)36)21-9-7-20(31)8-10-21/h5-12,15-17H,13-14H2,1-4H3,(H,33,35,37)/b23-15-. The fourth-order valence-corrected chi connectivity index (χ4v) is 4.50. The molecule has 3 aromatic rings. The molecule has 1 fully saturated rings. The molecule has 40 heavy (non-hydrogen) atoms. The molecule has 3 aromatic carbocycles. The Labute approximate surface area is 246 Å². The molecule has 0 atom stereocenters. The van der Waals surface area contributed by atoms with Crippen LogP contribution in [0.2, 0.25) is 5.02 Å². The van der Waals surface area contributed by atoms with E-state index < -0.39 is 17.8 Å². The molecule has 0 aliphatic carbocycles. The predicted molar refractivity (Wildman–Crippen MR) is 157 cm³/mol. The molecule has 208 valence electrons. The number of barbiturate groups is 1. The Morgan fingerprint density at radius 2 is 1.60 bits per heavy atom. The van der Waals surface area contributed by atoms with Crippen LogP contribution in [0.15, 0.2) is 70.7 Å². The molecule has 1 N–H and O–H groups in total. The van der Waals surface area contributed by atoms with Gasteiger partial charge in [-0.2, -0.15) is 0 Å². The number of carbonyl (C=O) groups excluding carboxylic acids is 3. The first-order valence-electron chi connectivity index (χ1n) is 12.4. The first-order valence-corrected chi connectivity index (χ1v) is 13.6. The van der Waals surface area contributed by atoms with Crippen LogP contribution in [0, 0.1) is 0 Å². The van der Waals surface area contributed by atoms with Gasteiger partial charge in [-0.3, -0.25) is 14.9 Å². The lowest BCUT2D eigenvalue weighted by Crippen LogP contribution is -2.54. The van der Waals surface area contributed by atoms with Gasteiger partial charge in [0.15, 0.2) is 11.5 Å². The number of rotatable bonds is 8. The Hall–Kier alpha value is -3.82. The molecular formula is C30H28BrClN2O6. The summed E-state index contributed by atoms with van der Waals surface area (Å²) in [7, 11) is 1.45. The maximum atomic E-state index is 13.2. The van der Waals surface area contributed by atoms with Crippen LogP contribution >= 0.6 is 27.5 Å². The largest absolute Gasteiger partial charge is 0.493 e. The highest BCUT2D eigenvalue weighted by Crippen LogP contribution is 2.37. The molecule has 0 spiro atoms. The number of hydrogen-bond donors (Lipinski definition) is 1. The molecule has 4 amide bonds. The number of carbonyl (C=O) groups is 3. The Morgan fingerprint density at radius 1 is 0.950 bits per heavy atom. The summed E-state index contributed by atoms with van der Waals surface area (Å²) in [6.45, 7) is 6.92. The van der Waals surface area contributed by atoms with Gasteiger partial charge in [-0.25, -0.2) is 9.69 Å². The van der Waals surface area contributed by atoms with Crippen LogP contribution in [0.3, 0.4) is 0 Å². The lowest BCUT2D eigenvalue weighted by Gasteiger charge is -2.26. The van der Waals surface area contributed by atoms with Gasteiger partial charge in [-0.15, -0.1) is 0 Å². The molecule has 1 aliphatic heterocycles. The summed E-state index contributed by atoms with van der Waals surface area (Å²) < 4.78 is 17.9. The fraction of sp³-hybridized carbons (Fsp3) is 0.233. The van der Waals surface area contributed by atoms with E-state index >= 15 is 0 Å². The zero-order valence-corrected chi connectivity index (χ0v) is 24.8. The molecule has 1 aliphatic rings. The van der Waals surface area contributed by atoms with Crippen LogP contribution < -0.4 is 24.4 Å². The zero-order valence-electron chi connectivity index (χ0n) is 22.4. The Morgan fingerprint density at radius 3 is 2.23 bits per heavy atom. The first kappa shape index (κ1) is 29.2. The van der Waals surface area contributed by atoms with Crippen LogP contribution in [-0.4, -0.2) is 38.2 Å². The van der Waals surface area contributed by atoms with Crippen molar-refractivity contribution in [1.29, 1.82) is 0 Å². The number of nitrogens with one attached hydrogen (secondary N) is 1. The summed E-state index contributed by atoms with van der Waals surface area (Å²) in [5.74, 6) is -0.254. The van der Waals surface area contributed by atoms with Gasteiger partial charge in [-0.1, -0.05) is 60.4 Å². The molecule has 1 saturated heterocycles.